The number of hydrogen-bond acceptors (Lipinski definition) is 6. The van der Waals surface area contributed by atoms with Crippen molar-refractivity contribution in [1.29, 1.82) is 0 Å². The number of rotatable bonds is 12. The van der Waals surface area contributed by atoms with Crippen LogP contribution in [-0.4, -0.2) is 51.8 Å². The average molecular weight is 299 g/mol. The molecule has 0 saturated heterocycles. The van der Waals surface area contributed by atoms with E-state index in [1.165, 1.54) is 12.5 Å². The molecule has 6 nitrogen and oxygen atoms in total. The molecule has 120 valence electrons. The number of hydrogen-bond donors (Lipinski definition) is 1. The summed E-state index contributed by atoms with van der Waals surface area (Å²) in [5.74, 6) is -0.414. The quantitative estimate of drug-likeness (QED) is 0.331. The second-order valence-corrected chi connectivity index (χ2v) is 4.61. The van der Waals surface area contributed by atoms with Gasteiger partial charge in [0, 0.05) is 6.92 Å². The van der Waals surface area contributed by atoms with E-state index in [-0.39, 0.29) is 6.61 Å². The fraction of sp³-hybridized carbons (Fsp3) is 0.667. The largest absolute Gasteiger partial charge is 0.444 e. The van der Waals surface area contributed by atoms with Gasteiger partial charge in [-0.1, -0.05) is 18.2 Å². The minimum absolute atomic E-state index is 0.169. The summed E-state index contributed by atoms with van der Waals surface area (Å²) in [4.78, 5) is 10.6. The molecular formula is C15H25NO5. The normalized spacial score (nSPS) is 15.0. The number of carbonyl (C=O) groups excluding carboxylic acids is 1. The van der Waals surface area contributed by atoms with Crippen LogP contribution in [0, 0.1) is 0 Å². The fourth-order valence-corrected chi connectivity index (χ4v) is 1.77. The highest BCUT2D eigenvalue weighted by atomic mass is 16.6. The molecule has 0 aromatic carbocycles. The second-order valence-electron chi connectivity index (χ2n) is 4.61. The molecule has 1 unspecified atom stereocenters. The minimum atomic E-state index is -0.718. The van der Waals surface area contributed by atoms with E-state index in [0.29, 0.717) is 33.0 Å². The van der Waals surface area contributed by atoms with E-state index < -0.39 is 12.2 Å². The average Bonchev–Trinajstić information content (AvgIpc) is 2.93. The van der Waals surface area contributed by atoms with Crippen LogP contribution in [-0.2, 0) is 23.7 Å². The SMILES string of the molecule is CC(=O)OC(N)COCCOCCOCCC1=CCC=C1. The van der Waals surface area contributed by atoms with E-state index in [0.717, 1.165) is 12.8 Å². The second kappa shape index (κ2) is 11.4. The van der Waals surface area contributed by atoms with Gasteiger partial charge in [-0.15, -0.1) is 0 Å². The monoisotopic (exact) mass is 299 g/mol. The zero-order valence-electron chi connectivity index (χ0n) is 12.6. The zero-order valence-corrected chi connectivity index (χ0v) is 12.6. The fourth-order valence-electron chi connectivity index (χ4n) is 1.77. The van der Waals surface area contributed by atoms with Crippen LogP contribution in [0.2, 0.25) is 0 Å². The highest BCUT2D eigenvalue weighted by Gasteiger charge is 2.05. The van der Waals surface area contributed by atoms with Gasteiger partial charge in [0.25, 0.3) is 0 Å². The Balaban J connectivity index is 1.78. The maximum atomic E-state index is 10.6. The number of carbonyl (C=O) groups is 1. The lowest BCUT2D eigenvalue weighted by atomic mass is 10.2. The number of allylic oxidation sites excluding steroid dienone is 3. The van der Waals surface area contributed by atoms with Crippen molar-refractivity contribution >= 4 is 5.97 Å². The van der Waals surface area contributed by atoms with Crippen molar-refractivity contribution in [3.63, 3.8) is 0 Å². The van der Waals surface area contributed by atoms with Gasteiger partial charge in [-0.2, -0.15) is 0 Å². The smallest absolute Gasteiger partial charge is 0.304 e. The maximum absolute atomic E-state index is 10.6. The molecule has 21 heavy (non-hydrogen) atoms. The van der Waals surface area contributed by atoms with Gasteiger partial charge in [-0.25, -0.2) is 0 Å². The molecule has 0 aliphatic heterocycles. The van der Waals surface area contributed by atoms with Crippen molar-refractivity contribution in [2.45, 2.75) is 26.0 Å². The highest BCUT2D eigenvalue weighted by Crippen LogP contribution is 2.12. The minimum Gasteiger partial charge on any atom is -0.444 e. The predicted molar refractivity (Wildman–Crippen MR) is 78.7 cm³/mol. The summed E-state index contributed by atoms with van der Waals surface area (Å²) in [5.41, 5.74) is 6.83. The number of esters is 1. The molecule has 0 aromatic heterocycles. The molecule has 1 aliphatic carbocycles. The van der Waals surface area contributed by atoms with E-state index in [4.69, 9.17) is 24.7 Å². The van der Waals surface area contributed by atoms with Gasteiger partial charge in [0.2, 0.25) is 0 Å². The molecule has 0 aromatic rings. The number of ether oxygens (including phenoxy) is 4. The van der Waals surface area contributed by atoms with E-state index in [1.807, 2.05) is 0 Å². The zero-order chi connectivity index (χ0) is 15.3. The summed E-state index contributed by atoms with van der Waals surface area (Å²) in [5, 5.41) is 0. The summed E-state index contributed by atoms with van der Waals surface area (Å²) >= 11 is 0. The summed E-state index contributed by atoms with van der Waals surface area (Å²) in [6.07, 6.45) is 7.76. The molecule has 0 radical (unpaired) electrons. The molecule has 0 fully saturated rings. The van der Waals surface area contributed by atoms with Crippen LogP contribution in [0.25, 0.3) is 0 Å². The third-order valence-corrected chi connectivity index (χ3v) is 2.73. The number of nitrogens with two attached hydrogens (primary N) is 1. The summed E-state index contributed by atoms with van der Waals surface area (Å²) in [6.45, 7) is 4.17. The third-order valence-electron chi connectivity index (χ3n) is 2.73. The van der Waals surface area contributed by atoms with Crippen molar-refractivity contribution < 1.29 is 23.7 Å². The van der Waals surface area contributed by atoms with Crippen LogP contribution in [0.4, 0.5) is 0 Å². The molecular weight excluding hydrogens is 274 g/mol. The van der Waals surface area contributed by atoms with Crippen LogP contribution < -0.4 is 5.73 Å². The van der Waals surface area contributed by atoms with Crippen LogP contribution in [0.5, 0.6) is 0 Å². The Kier molecular flexibility index (Phi) is 9.73. The lowest BCUT2D eigenvalue weighted by molar-refractivity contribution is -0.149. The Bertz CT molecular complexity index is 354. The van der Waals surface area contributed by atoms with Crippen molar-refractivity contribution in [3.05, 3.63) is 23.8 Å². The lowest BCUT2D eigenvalue weighted by Gasteiger charge is -2.12. The molecule has 0 amide bonds. The Morgan fingerprint density at radius 3 is 2.48 bits per heavy atom. The molecule has 2 N–H and O–H groups in total. The van der Waals surface area contributed by atoms with Gasteiger partial charge in [0.1, 0.15) is 0 Å². The van der Waals surface area contributed by atoms with Gasteiger partial charge >= 0.3 is 5.97 Å². The Labute approximate surface area is 125 Å². The standard InChI is InChI=1S/C15H25NO5/c1-13(17)21-15(16)12-20-11-10-19-9-8-18-7-6-14-4-2-3-5-14/h2,4-5,15H,3,6-12,16H2,1H3. The first-order valence-electron chi connectivity index (χ1n) is 7.20. The van der Waals surface area contributed by atoms with E-state index in [9.17, 15) is 4.79 Å². The summed E-state index contributed by atoms with van der Waals surface area (Å²) < 4.78 is 20.7. The predicted octanol–water partition coefficient (Wildman–Crippen LogP) is 1.16. The first-order chi connectivity index (χ1) is 10.2. The molecule has 0 heterocycles. The van der Waals surface area contributed by atoms with Gasteiger partial charge in [-0.3, -0.25) is 10.5 Å². The van der Waals surface area contributed by atoms with Gasteiger partial charge in [0.05, 0.1) is 39.6 Å². The van der Waals surface area contributed by atoms with Gasteiger partial charge in [0.15, 0.2) is 6.23 Å². The Morgan fingerprint density at radius 1 is 1.19 bits per heavy atom. The molecule has 1 atom stereocenters. The van der Waals surface area contributed by atoms with Crippen LogP contribution >= 0.6 is 0 Å². The first kappa shape index (κ1) is 17.8. The van der Waals surface area contributed by atoms with Crippen molar-refractivity contribution in [2.24, 2.45) is 5.73 Å². The van der Waals surface area contributed by atoms with Crippen molar-refractivity contribution in [3.8, 4) is 0 Å². The molecule has 0 spiro atoms. The summed E-state index contributed by atoms with van der Waals surface area (Å²) in [7, 11) is 0. The Morgan fingerprint density at radius 2 is 1.86 bits per heavy atom. The molecule has 1 aliphatic rings. The van der Waals surface area contributed by atoms with Crippen LogP contribution in [0.1, 0.15) is 19.8 Å². The van der Waals surface area contributed by atoms with E-state index in [1.54, 1.807) is 0 Å². The molecule has 1 rings (SSSR count). The van der Waals surface area contributed by atoms with Crippen molar-refractivity contribution in [2.75, 3.05) is 39.6 Å². The molecule has 6 heteroatoms. The Hall–Kier alpha value is -1.21. The lowest BCUT2D eigenvalue weighted by Crippen LogP contribution is -2.31. The van der Waals surface area contributed by atoms with Gasteiger partial charge in [-0.05, 0) is 18.4 Å². The van der Waals surface area contributed by atoms with Crippen LogP contribution in [0.15, 0.2) is 23.8 Å². The highest BCUT2D eigenvalue weighted by molar-refractivity contribution is 5.66. The maximum Gasteiger partial charge on any atom is 0.304 e. The third kappa shape index (κ3) is 10.2. The molecule has 0 bridgehead atoms. The first-order valence-corrected chi connectivity index (χ1v) is 7.20. The van der Waals surface area contributed by atoms with Crippen LogP contribution in [0.3, 0.4) is 0 Å². The van der Waals surface area contributed by atoms with Crippen molar-refractivity contribution in [1.82, 2.24) is 0 Å². The van der Waals surface area contributed by atoms with E-state index in [2.05, 4.69) is 18.2 Å². The topological polar surface area (TPSA) is 80.0 Å². The van der Waals surface area contributed by atoms with Gasteiger partial charge < -0.3 is 18.9 Å². The molecule has 0 saturated carbocycles. The van der Waals surface area contributed by atoms with E-state index >= 15 is 0 Å². The summed E-state index contributed by atoms with van der Waals surface area (Å²) in [6, 6.07) is 0.